The number of aryl methyl sites for hydroxylation is 1. The highest BCUT2D eigenvalue weighted by Crippen LogP contribution is 2.36. The van der Waals surface area contributed by atoms with E-state index >= 15 is 0 Å². The van der Waals surface area contributed by atoms with Crippen molar-refractivity contribution in [2.45, 2.75) is 13.5 Å². The molecule has 4 rings (SSSR count). The van der Waals surface area contributed by atoms with Crippen LogP contribution in [0.15, 0.2) is 76.1 Å². The van der Waals surface area contributed by atoms with Gasteiger partial charge in [-0.15, -0.1) is 0 Å². The highest BCUT2D eigenvalue weighted by molar-refractivity contribution is 9.10. The fraction of sp³-hybridized carbons (Fsp3) is 0.148. The maximum atomic E-state index is 12.9. The van der Waals surface area contributed by atoms with Crippen molar-refractivity contribution in [1.29, 1.82) is 0 Å². The minimum absolute atomic E-state index is 0.185. The summed E-state index contributed by atoms with van der Waals surface area (Å²) in [5, 5.41) is 2.46. The number of thioether (sulfide) groups is 1. The van der Waals surface area contributed by atoms with E-state index in [1.165, 1.54) is 12.0 Å². The first kappa shape index (κ1) is 25.5. The molecule has 1 heterocycles. The van der Waals surface area contributed by atoms with Crippen molar-refractivity contribution in [2.24, 2.45) is 0 Å². The molecule has 3 amide bonds. The van der Waals surface area contributed by atoms with Gasteiger partial charge in [-0.1, -0.05) is 52.3 Å². The monoisotopic (exact) mass is 566 g/mol. The van der Waals surface area contributed by atoms with Crippen molar-refractivity contribution in [3.63, 3.8) is 0 Å². The van der Waals surface area contributed by atoms with Crippen LogP contribution in [0, 0.1) is 6.92 Å². The van der Waals surface area contributed by atoms with Gasteiger partial charge in [-0.05, 0) is 71.8 Å². The van der Waals surface area contributed by atoms with Gasteiger partial charge in [0.25, 0.3) is 17.1 Å². The Labute approximate surface area is 221 Å². The van der Waals surface area contributed by atoms with Crippen molar-refractivity contribution >= 4 is 56.5 Å². The number of carbonyl (C=O) groups excluding carboxylic acids is 3. The molecule has 0 bridgehead atoms. The number of rotatable bonds is 8. The average molecular weight is 567 g/mol. The molecular weight excluding hydrogens is 544 g/mol. The fourth-order valence-corrected chi connectivity index (χ4v) is 4.79. The lowest BCUT2D eigenvalue weighted by atomic mass is 10.1. The van der Waals surface area contributed by atoms with Crippen molar-refractivity contribution in [3.8, 4) is 11.5 Å². The van der Waals surface area contributed by atoms with Crippen molar-refractivity contribution in [3.05, 3.63) is 92.8 Å². The minimum atomic E-state index is -0.354. The summed E-state index contributed by atoms with van der Waals surface area (Å²) in [6.07, 6.45) is 1.64. The van der Waals surface area contributed by atoms with E-state index in [2.05, 4.69) is 21.2 Å². The average Bonchev–Trinajstić information content (AvgIpc) is 3.11. The topological polar surface area (TPSA) is 84.9 Å². The molecule has 0 saturated carbocycles. The van der Waals surface area contributed by atoms with E-state index < -0.39 is 0 Å². The second-order valence-corrected chi connectivity index (χ2v) is 9.82. The van der Waals surface area contributed by atoms with Crippen LogP contribution in [0.3, 0.4) is 0 Å². The van der Waals surface area contributed by atoms with Gasteiger partial charge >= 0.3 is 0 Å². The Balaban J connectivity index is 1.43. The van der Waals surface area contributed by atoms with Crippen LogP contribution in [0.5, 0.6) is 11.5 Å². The van der Waals surface area contributed by atoms with E-state index in [0.29, 0.717) is 27.7 Å². The molecule has 3 aromatic carbocycles. The molecule has 184 valence electrons. The van der Waals surface area contributed by atoms with Crippen LogP contribution in [-0.4, -0.2) is 35.7 Å². The molecule has 36 heavy (non-hydrogen) atoms. The Kier molecular flexibility index (Phi) is 8.12. The molecule has 9 heteroatoms. The van der Waals surface area contributed by atoms with Gasteiger partial charge in [-0.3, -0.25) is 19.3 Å². The largest absolute Gasteiger partial charge is 0.493 e. The molecule has 0 spiro atoms. The Morgan fingerprint density at radius 1 is 1.06 bits per heavy atom. The number of hydrogen-bond acceptors (Lipinski definition) is 6. The summed E-state index contributed by atoms with van der Waals surface area (Å²) in [7, 11) is 1.49. The quantitative estimate of drug-likeness (QED) is 0.335. The first-order chi connectivity index (χ1) is 17.3. The molecule has 0 unspecified atom stereocenters. The molecule has 0 radical (unpaired) electrons. The third-order valence-electron chi connectivity index (χ3n) is 5.31. The van der Waals surface area contributed by atoms with Gasteiger partial charge in [0.2, 0.25) is 0 Å². The second-order valence-electron chi connectivity index (χ2n) is 7.98. The smallest absolute Gasteiger partial charge is 0.293 e. The molecule has 3 aromatic rings. The van der Waals surface area contributed by atoms with Gasteiger partial charge in [0, 0.05) is 10.2 Å². The van der Waals surface area contributed by atoms with Gasteiger partial charge in [0.1, 0.15) is 0 Å². The lowest BCUT2D eigenvalue weighted by molar-refractivity contribution is -0.123. The van der Waals surface area contributed by atoms with Crippen LogP contribution in [0.1, 0.15) is 16.7 Å². The number of nitrogens with zero attached hydrogens (tertiary/aromatic N) is 1. The van der Waals surface area contributed by atoms with Crippen molar-refractivity contribution < 1.29 is 23.9 Å². The number of imide groups is 1. The first-order valence-corrected chi connectivity index (χ1v) is 12.6. The predicted octanol–water partition coefficient (Wildman–Crippen LogP) is 6.02. The molecule has 1 N–H and O–H groups in total. The lowest BCUT2D eigenvalue weighted by Gasteiger charge is -2.13. The summed E-state index contributed by atoms with van der Waals surface area (Å²) in [5.41, 5.74) is 3.24. The number of carbonyl (C=O) groups is 3. The number of anilines is 1. The maximum Gasteiger partial charge on any atom is 0.293 e. The summed E-state index contributed by atoms with van der Waals surface area (Å²) < 4.78 is 11.9. The van der Waals surface area contributed by atoms with E-state index in [0.717, 1.165) is 27.4 Å². The molecular formula is C27H23BrN2O5S. The van der Waals surface area contributed by atoms with E-state index in [9.17, 15) is 14.4 Å². The van der Waals surface area contributed by atoms with E-state index in [1.807, 2.05) is 49.4 Å². The standard InChI is InChI=1S/C27H23BrN2O5S/c1-17-6-5-8-20(12-17)29-25(31)16-35-22-11-10-18(13-23(22)34-2)14-24-26(32)30(27(33)36-24)15-19-7-3-4-9-21(19)28/h3-14H,15-16H2,1-2H3,(H,29,31)/b24-14+. The van der Waals surface area contributed by atoms with E-state index in [-0.39, 0.29) is 30.2 Å². The highest BCUT2D eigenvalue weighted by Gasteiger charge is 2.35. The molecule has 0 aromatic heterocycles. The number of nitrogens with one attached hydrogen (secondary N) is 1. The Morgan fingerprint density at radius 3 is 2.61 bits per heavy atom. The molecule has 1 saturated heterocycles. The summed E-state index contributed by atoms with van der Waals surface area (Å²) in [4.78, 5) is 39.2. The maximum absolute atomic E-state index is 12.9. The fourth-order valence-electron chi connectivity index (χ4n) is 3.54. The number of ether oxygens (including phenoxy) is 2. The van der Waals surface area contributed by atoms with E-state index in [1.54, 1.807) is 30.3 Å². The van der Waals surface area contributed by atoms with Gasteiger partial charge in [0.15, 0.2) is 18.1 Å². The second kappa shape index (κ2) is 11.5. The number of amides is 3. The van der Waals surface area contributed by atoms with Crippen LogP contribution in [0.25, 0.3) is 6.08 Å². The number of benzene rings is 3. The highest BCUT2D eigenvalue weighted by atomic mass is 79.9. The third kappa shape index (κ3) is 6.16. The van der Waals surface area contributed by atoms with Crippen molar-refractivity contribution in [2.75, 3.05) is 19.0 Å². The molecule has 7 nitrogen and oxygen atoms in total. The minimum Gasteiger partial charge on any atom is -0.493 e. The van der Waals surface area contributed by atoms with Crippen molar-refractivity contribution in [1.82, 2.24) is 4.90 Å². The van der Waals surface area contributed by atoms with Crippen LogP contribution < -0.4 is 14.8 Å². The predicted molar refractivity (Wildman–Crippen MR) is 144 cm³/mol. The molecule has 1 fully saturated rings. The van der Waals surface area contributed by atoms with Crippen LogP contribution in [0.2, 0.25) is 0 Å². The summed E-state index contributed by atoms with van der Waals surface area (Å²) in [6.45, 7) is 1.93. The van der Waals surface area contributed by atoms with Gasteiger partial charge in [0.05, 0.1) is 18.6 Å². The first-order valence-electron chi connectivity index (χ1n) is 11.0. The zero-order valence-corrected chi connectivity index (χ0v) is 22.0. The molecule has 1 aliphatic rings. The Hall–Kier alpha value is -3.56. The van der Waals surface area contributed by atoms with Gasteiger partial charge < -0.3 is 14.8 Å². The molecule has 1 aliphatic heterocycles. The van der Waals surface area contributed by atoms with Gasteiger partial charge in [-0.25, -0.2) is 0 Å². The van der Waals surface area contributed by atoms with Crippen LogP contribution in [0.4, 0.5) is 10.5 Å². The summed E-state index contributed by atoms with van der Waals surface area (Å²) >= 11 is 4.35. The Bertz CT molecular complexity index is 1360. The van der Waals surface area contributed by atoms with Gasteiger partial charge in [-0.2, -0.15) is 0 Å². The van der Waals surface area contributed by atoms with Crippen LogP contribution >= 0.6 is 27.7 Å². The van der Waals surface area contributed by atoms with Crippen LogP contribution in [-0.2, 0) is 16.1 Å². The SMILES string of the molecule is COc1cc(/C=C2/SC(=O)N(Cc3ccccc3Br)C2=O)ccc1OCC(=O)Nc1cccc(C)c1. The molecule has 0 aliphatic carbocycles. The number of methoxy groups -OCH3 is 1. The zero-order valence-electron chi connectivity index (χ0n) is 19.6. The zero-order chi connectivity index (χ0) is 25.7. The number of hydrogen-bond donors (Lipinski definition) is 1. The molecule has 0 atom stereocenters. The number of halogens is 1. The lowest BCUT2D eigenvalue weighted by Crippen LogP contribution is -2.27. The summed E-state index contributed by atoms with van der Waals surface area (Å²) in [5.74, 6) is 0.133. The summed E-state index contributed by atoms with van der Waals surface area (Å²) in [6, 6.07) is 20.0. The third-order valence-corrected chi connectivity index (χ3v) is 6.99. The normalized spacial score (nSPS) is 14.3. The van der Waals surface area contributed by atoms with E-state index in [4.69, 9.17) is 9.47 Å². The Morgan fingerprint density at radius 2 is 1.86 bits per heavy atom.